The molecule has 0 bridgehead atoms. The Morgan fingerprint density at radius 1 is 0.405 bits per heavy atom. The molecule has 0 fully saturated rings. The minimum absolute atomic E-state index is 0.00204. The predicted molar refractivity (Wildman–Crippen MR) is 367 cm³/mol. The Hall–Kier alpha value is -1.02. The molecule has 0 aromatic rings. The molecule has 1 amide bonds. The number of nitrogens with one attached hydrogen (secondary N) is 1. The number of rotatable bonds is 71. The van der Waals surface area contributed by atoms with E-state index in [2.05, 4.69) is 31.3 Å². The summed E-state index contributed by atoms with van der Waals surface area (Å²) in [6.45, 7) is 4.72. The summed E-state index contributed by atoms with van der Waals surface area (Å²) in [4.78, 5) is 25.7. The van der Waals surface area contributed by atoms with Crippen molar-refractivity contribution in [3.8, 4) is 0 Å². The van der Waals surface area contributed by atoms with Crippen LogP contribution >= 0.6 is 7.82 Å². The summed E-state index contributed by atoms with van der Waals surface area (Å²) in [5, 5.41) is 14.0. The molecule has 0 aromatic heterocycles. The molecule has 3 atom stereocenters. The Balaban J connectivity index is 3.99. The summed E-state index contributed by atoms with van der Waals surface area (Å²) in [5.74, 6) is -0.188. The summed E-state index contributed by atoms with van der Waals surface area (Å²) < 4.78 is 23.5. The van der Waals surface area contributed by atoms with Gasteiger partial charge >= 0.3 is 0 Å². The second-order valence-electron chi connectivity index (χ2n) is 27.4. The fourth-order valence-electron chi connectivity index (χ4n) is 11.8. The van der Waals surface area contributed by atoms with Crippen molar-refractivity contribution in [1.82, 2.24) is 5.32 Å². The van der Waals surface area contributed by atoms with Gasteiger partial charge in [0, 0.05) is 6.42 Å². The van der Waals surface area contributed by atoms with Crippen LogP contribution in [0.4, 0.5) is 0 Å². The molecule has 0 saturated heterocycles. The molecule has 3 unspecified atom stereocenters. The van der Waals surface area contributed by atoms with Crippen molar-refractivity contribution in [2.75, 3.05) is 40.9 Å². The van der Waals surface area contributed by atoms with Crippen LogP contribution in [0.1, 0.15) is 399 Å². The number of hydrogen-bond acceptors (Lipinski definition) is 6. The number of phosphoric ester groups is 1. The van der Waals surface area contributed by atoms with Crippen molar-refractivity contribution < 1.29 is 32.9 Å². The maximum absolute atomic E-state index is 13.1. The van der Waals surface area contributed by atoms with E-state index >= 15 is 0 Å². The highest BCUT2D eigenvalue weighted by atomic mass is 31.2. The Bertz CT molecular complexity index is 1420. The standard InChI is InChI=1S/C75H149N2O6P/c1-6-8-10-12-14-16-18-20-22-24-26-28-30-32-34-36-38-40-42-44-46-48-50-52-54-56-58-60-62-64-66-68-74(78)73(72-83-84(80,81)82-71-70-77(3,4)5)76-75(79)69-67-65-63-61-59-57-55-53-51-49-47-45-43-41-39-37-35-33-31-29-27-25-23-21-19-17-15-13-11-9-7-2/h25,27,66,68,73-74,78H,6-24,26,28-65,67,69-72H2,1-5H3,(H-,76,79,80,81)/b27-25-,68-66+. The third-order valence-electron chi connectivity index (χ3n) is 17.7. The molecule has 0 rings (SSSR count). The van der Waals surface area contributed by atoms with Crippen molar-refractivity contribution in [2.24, 2.45) is 0 Å². The van der Waals surface area contributed by atoms with Gasteiger partial charge < -0.3 is 28.8 Å². The average molecular weight is 1210 g/mol. The zero-order chi connectivity index (χ0) is 61.2. The van der Waals surface area contributed by atoms with Crippen molar-refractivity contribution >= 4 is 13.7 Å². The highest BCUT2D eigenvalue weighted by molar-refractivity contribution is 7.45. The SMILES string of the molecule is CCCCCCCCCC/C=C\CCCCCCCCCCCCCCCCCCCCCC(=O)NC(COP(=O)([O-])OCC[N+](C)(C)C)C(O)/C=C/CCCCCCCCCCCCCCCCCCCCCCCCCCCCCCC. The minimum atomic E-state index is -4.60. The lowest BCUT2D eigenvalue weighted by atomic mass is 10.0. The third-order valence-corrected chi connectivity index (χ3v) is 18.6. The first-order valence-electron chi connectivity index (χ1n) is 37.7. The molecule has 0 aliphatic heterocycles. The van der Waals surface area contributed by atoms with Gasteiger partial charge in [0.05, 0.1) is 39.9 Å². The summed E-state index contributed by atoms with van der Waals surface area (Å²) in [5.41, 5.74) is 0. The fraction of sp³-hybridized carbons (Fsp3) is 0.933. The van der Waals surface area contributed by atoms with Gasteiger partial charge in [-0.3, -0.25) is 9.36 Å². The van der Waals surface area contributed by atoms with Crippen LogP contribution in [0.15, 0.2) is 24.3 Å². The second-order valence-corrected chi connectivity index (χ2v) is 28.8. The molecule has 0 aliphatic carbocycles. The summed E-state index contributed by atoms with van der Waals surface area (Å²) in [7, 11) is 1.28. The Kier molecular flexibility index (Phi) is 65.6. The molecule has 0 saturated carbocycles. The highest BCUT2D eigenvalue weighted by Gasteiger charge is 2.23. The van der Waals surface area contributed by atoms with Gasteiger partial charge in [0.1, 0.15) is 13.2 Å². The van der Waals surface area contributed by atoms with Crippen LogP contribution in [0.25, 0.3) is 0 Å². The maximum atomic E-state index is 13.1. The van der Waals surface area contributed by atoms with E-state index in [1.165, 1.54) is 340 Å². The molecule has 9 heteroatoms. The van der Waals surface area contributed by atoms with Gasteiger partial charge in [-0.2, -0.15) is 0 Å². The number of aliphatic hydroxyl groups excluding tert-OH is 1. The number of likely N-dealkylation sites (N-methyl/N-ethyl adjacent to an activating group) is 1. The van der Waals surface area contributed by atoms with Gasteiger partial charge in [0.25, 0.3) is 7.82 Å². The number of amides is 1. The summed E-state index contributed by atoms with van der Waals surface area (Å²) in [6, 6.07) is -0.886. The Morgan fingerprint density at radius 3 is 0.929 bits per heavy atom. The van der Waals surface area contributed by atoms with Gasteiger partial charge in [0.2, 0.25) is 5.91 Å². The molecule has 2 N–H and O–H groups in total. The van der Waals surface area contributed by atoms with Crippen molar-refractivity contribution in [3.05, 3.63) is 24.3 Å². The molecule has 8 nitrogen and oxygen atoms in total. The van der Waals surface area contributed by atoms with Crippen LogP contribution in [0, 0.1) is 0 Å². The lowest BCUT2D eigenvalue weighted by Crippen LogP contribution is -2.45. The average Bonchev–Trinajstić information content (AvgIpc) is 3.56. The first kappa shape index (κ1) is 83.0. The van der Waals surface area contributed by atoms with E-state index in [1.807, 2.05) is 27.2 Å². The number of quaternary nitrogens is 1. The van der Waals surface area contributed by atoms with Crippen LogP contribution in [0.3, 0.4) is 0 Å². The molecule has 0 aromatic carbocycles. The smallest absolute Gasteiger partial charge is 0.268 e. The largest absolute Gasteiger partial charge is 0.756 e. The number of allylic oxidation sites excluding steroid dienone is 3. The normalized spacial score (nSPS) is 13.7. The Labute approximate surface area is 525 Å². The van der Waals surface area contributed by atoms with Gasteiger partial charge in [-0.25, -0.2) is 0 Å². The maximum Gasteiger partial charge on any atom is 0.268 e. The Morgan fingerprint density at radius 2 is 0.655 bits per heavy atom. The lowest BCUT2D eigenvalue weighted by Gasteiger charge is -2.29. The van der Waals surface area contributed by atoms with Crippen LogP contribution in [-0.2, 0) is 18.4 Å². The molecule has 0 heterocycles. The van der Waals surface area contributed by atoms with Gasteiger partial charge in [-0.15, -0.1) is 0 Å². The van der Waals surface area contributed by atoms with E-state index in [0.29, 0.717) is 17.4 Å². The minimum Gasteiger partial charge on any atom is -0.756 e. The number of unbranched alkanes of at least 4 members (excludes halogenated alkanes) is 56. The van der Waals surface area contributed by atoms with Gasteiger partial charge in [-0.1, -0.05) is 372 Å². The number of nitrogens with zero attached hydrogens (tertiary/aromatic N) is 1. The molecular weight excluding hydrogens is 1060 g/mol. The van der Waals surface area contributed by atoms with E-state index in [-0.39, 0.29) is 19.1 Å². The van der Waals surface area contributed by atoms with Crippen LogP contribution in [-0.4, -0.2) is 68.5 Å². The molecule has 0 radical (unpaired) electrons. The quantitative estimate of drug-likeness (QED) is 0.0272. The van der Waals surface area contributed by atoms with Gasteiger partial charge in [0.15, 0.2) is 0 Å². The summed E-state index contributed by atoms with van der Waals surface area (Å²) in [6.07, 6.45) is 87.5. The van der Waals surface area contributed by atoms with E-state index in [0.717, 1.165) is 38.5 Å². The number of hydrogen-bond donors (Lipinski definition) is 2. The predicted octanol–water partition coefficient (Wildman–Crippen LogP) is 23.6. The molecule has 84 heavy (non-hydrogen) atoms. The van der Waals surface area contributed by atoms with E-state index in [4.69, 9.17) is 9.05 Å². The second kappa shape index (κ2) is 66.4. The van der Waals surface area contributed by atoms with Crippen LogP contribution in [0.2, 0.25) is 0 Å². The lowest BCUT2D eigenvalue weighted by molar-refractivity contribution is -0.870. The summed E-state index contributed by atoms with van der Waals surface area (Å²) >= 11 is 0. The first-order chi connectivity index (χ1) is 41.0. The van der Waals surface area contributed by atoms with Gasteiger partial charge in [-0.05, 0) is 44.9 Å². The molecule has 500 valence electrons. The highest BCUT2D eigenvalue weighted by Crippen LogP contribution is 2.38. The monoisotopic (exact) mass is 1210 g/mol. The number of carbonyl (C=O) groups is 1. The third kappa shape index (κ3) is 68.5. The van der Waals surface area contributed by atoms with Crippen LogP contribution in [0.5, 0.6) is 0 Å². The topological polar surface area (TPSA) is 108 Å². The van der Waals surface area contributed by atoms with Crippen molar-refractivity contribution in [2.45, 2.75) is 411 Å². The van der Waals surface area contributed by atoms with Crippen LogP contribution < -0.4 is 10.2 Å². The number of carbonyl (C=O) groups excluding carboxylic acids is 1. The van der Waals surface area contributed by atoms with E-state index in [1.54, 1.807) is 6.08 Å². The zero-order valence-electron chi connectivity index (χ0n) is 57.4. The number of aliphatic hydroxyl groups is 1. The number of phosphoric acid groups is 1. The molecule has 0 aliphatic rings. The molecule has 0 spiro atoms. The zero-order valence-corrected chi connectivity index (χ0v) is 58.3. The van der Waals surface area contributed by atoms with Crippen molar-refractivity contribution in [3.63, 3.8) is 0 Å². The van der Waals surface area contributed by atoms with E-state index < -0.39 is 20.0 Å². The van der Waals surface area contributed by atoms with E-state index in [9.17, 15) is 19.4 Å². The fourth-order valence-corrected chi connectivity index (χ4v) is 12.5. The first-order valence-corrected chi connectivity index (χ1v) is 39.2. The molecular formula is C75H149N2O6P. The van der Waals surface area contributed by atoms with Crippen molar-refractivity contribution in [1.29, 1.82) is 0 Å².